The lowest BCUT2D eigenvalue weighted by Gasteiger charge is -2.38. The third-order valence-corrected chi connectivity index (χ3v) is 6.96. The van der Waals surface area contributed by atoms with Gasteiger partial charge in [0.25, 0.3) is 0 Å². The number of hydrazone groups is 1. The third kappa shape index (κ3) is 3.10. The van der Waals surface area contributed by atoms with Gasteiger partial charge in [0.15, 0.2) is 0 Å². The molecule has 2 unspecified atom stereocenters. The van der Waals surface area contributed by atoms with Crippen LogP contribution in [0.3, 0.4) is 0 Å². The van der Waals surface area contributed by atoms with Crippen molar-refractivity contribution in [3.05, 3.63) is 108 Å². The molecule has 0 aliphatic carbocycles. The van der Waals surface area contributed by atoms with E-state index >= 15 is 0 Å². The Bertz CT molecular complexity index is 1290. The number of thioether (sulfide) groups is 1. The van der Waals surface area contributed by atoms with Gasteiger partial charge >= 0.3 is 0 Å². The molecule has 31 heavy (non-hydrogen) atoms. The summed E-state index contributed by atoms with van der Waals surface area (Å²) in [5, 5.41) is 9.71. The smallest absolute Gasteiger partial charge is 0.214 e. The second-order valence-corrected chi connectivity index (χ2v) is 8.83. The van der Waals surface area contributed by atoms with Crippen LogP contribution in [0.25, 0.3) is 10.8 Å². The van der Waals surface area contributed by atoms with Crippen LogP contribution < -0.4 is 4.74 Å². The average molecular weight is 423 g/mol. The number of ether oxygens (including phenoxy) is 1. The topological polar surface area (TPSA) is 24.8 Å². The molecular weight excluding hydrogens is 400 g/mol. The molecule has 0 saturated carbocycles. The maximum atomic E-state index is 6.58. The van der Waals surface area contributed by atoms with E-state index < -0.39 is 0 Å². The van der Waals surface area contributed by atoms with Gasteiger partial charge in [-0.3, -0.25) is 0 Å². The van der Waals surface area contributed by atoms with E-state index in [1.807, 2.05) is 6.07 Å². The molecule has 3 nitrogen and oxygen atoms in total. The van der Waals surface area contributed by atoms with Crippen LogP contribution in [-0.2, 0) is 0 Å². The summed E-state index contributed by atoms with van der Waals surface area (Å²) in [7, 11) is 0. The lowest BCUT2D eigenvalue weighted by Crippen LogP contribution is -2.33. The van der Waals surface area contributed by atoms with Crippen LogP contribution in [0.4, 0.5) is 0 Å². The van der Waals surface area contributed by atoms with E-state index in [9.17, 15) is 0 Å². The molecule has 4 aromatic rings. The minimum Gasteiger partial charge on any atom is -0.464 e. The molecule has 0 amide bonds. The predicted molar refractivity (Wildman–Crippen MR) is 128 cm³/mol. The van der Waals surface area contributed by atoms with Crippen molar-refractivity contribution in [3.8, 4) is 5.75 Å². The number of nitrogens with zero attached hydrogens (tertiary/aromatic N) is 2. The molecule has 152 valence electrons. The van der Waals surface area contributed by atoms with Crippen molar-refractivity contribution < 1.29 is 4.74 Å². The van der Waals surface area contributed by atoms with E-state index in [0.29, 0.717) is 0 Å². The number of hydrogen-bond acceptors (Lipinski definition) is 4. The van der Waals surface area contributed by atoms with E-state index in [2.05, 4.69) is 96.2 Å². The summed E-state index contributed by atoms with van der Waals surface area (Å²) >= 11 is 1.76. The van der Waals surface area contributed by atoms with E-state index in [1.54, 1.807) is 11.8 Å². The van der Waals surface area contributed by atoms with Gasteiger partial charge < -0.3 is 4.74 Å². The quantitative estimate of drug-likeness (QED) is 0.339. The van der Waals surface area contributed by atoms with E-state index in [1.165, 1.54) is 26.8 Å². The second kappa shape index (κ2) is 7.47. The summed E-state index contributed by atoms with van der Waals surface area (Å²) in [6, 6.07) is 32.2. The molecule has 4 aromatic carbocycles. The summed E-state index contributed by atoms with van der Waals surface area (Å²) in [4.78, 5) is 1.27. The Kier molecular flexibility index (Phi) is 4.46. The molecule has 0 spiro atoms. The maximum absolute atomic E-state index is 6.58. The molecule has 2 aliphatic heterocycles. The molecule has 2 heterocycles. The zero-order valence-corrected chi connectivity index (χ0v) is 18.0. The third-order valence-electron chi connectivity index (χ3n) is 6.21. The fourth-order valence-corrected chi connectivity index (χ4v) is 5.07. The summed E-state index contributed by atoms with van der Waals surface area (Å²) in [6.07, 6.45) is 2.72. The first-order valence-electron chi connectivity index (χ1n) is 10.6. The molecule has 2 aliphatic rings. The fourth-order valence-electron chi connectivity index (χ4n) is 4.66. The Morgan fingerprint density at radius 2 is 1.58 bits per heavy atom. The van der Waals surface area contributed by atoms with Crippen LogP contribution in [-0.4, -0.2) is 17.0 Å². The molecule has 4 heteroatoms. The Hall–Kier alpha value is -3.24. The van der Waals surface area contributed by atoms with Crippen LogP contribution in [0, 0.1) is 0 Å². The highest BCUT2D eigenvalue weighted by Crippen LogP contribution is 2.48. The van der Waals surface area contributed by atoms with Crippen molar-refractivity contribution in [2.75, 3.05) is 6.26 Å². The molecule has 0 saturated heterocycles. The van der Waals surface area contributed by atoms with E-state index in [0.717, 1.165) is 23.4 Å². The largest absolute Gasteiger partial charge is 0.464 e. The van der Waals surface area contributed by atoms with Gasteiger partial charge in [0, 0.05) is 22.4 Å². The number of hydrogen-bond donors (Lipinski definition) is 0. The van der Waals surface area contributed by atoms with E-state index in [-0.39, 0.29) is 12.3 Å². The van der Waals surface area contributed by atoms with Crippen LogP contribution >= 0.6 is 11.8 Å². The van der Waals surface area contributed by atoms with Crippen LogP contribution in [0.5, 0.6) is 5.75 Å². The maximum Gasteiger partial charge on any atom is 0.214 e. The van der Waals surface area contributed by atoms with Crippen LogP contribution in [0.15, 0.2) is 101 Å². The zero-order valence-electron chi connectivity index (χ0n) is 17.2. The van der Waals surface area contributed by atoms with Crippen molar-refractivity contribution >= 4 is 28.2 Å². The monoisotopic (exact) mass is 422 g/mol. The molecular formula is C27H22N2OS. The molecule has 0 fully saturated rings. The number of fused-ring (bicyclic) bond motifs is 4. The number of para-hydroxylation sites is 1. The van der Waals surface area contributed by atoms with Crippen LogP contribution in [0.1, 0.15) is 35.4 Å². The summed E-state index contributed by atoms with van der Waals surface area (Å²) in [5.74, 6) is 0.955. The molecule has 0 N–H and O–H groups in total. The normalized spacial score (nSPS) is 19.5. The van der Waals surface area contributed by atoms with E-state index in [4.69, 9.17) is 9.84 Å². The first-order valence-corrected chi connectivity index (χ1v) is 11.8. The minimum atomic E-state index is -0.256. The van der Waals surface area contributed by atoms with Gasteiger partial charge in [-0.25, -0.2) is 5.01 Å². The summed E-state index contributed by atoms with van der Waals surface area (Å²) in [5.41, 5.74) is 4.66. The highest BCUT2D eigenvalue weighted by atomic mass is 32.2. The van der Waals surface area contributed by atoms with Crippen molar-refractivity contribution in [1.82, 2.24) is 5.01 Å². The zero-order chi connectivity index (χ0) is 20.8. The SMILES string of the molecule is CSc1ccc(C2=NN3C(C2)c2ccccc2OC3c2cccc3ccccc23)cc1. The van der Waals surface area contributed by atoms with Crippen molar-refractivity contribution in [2.45, 2.75) is 23.6 Å². The van der Waals surface area contributed by atoms with Crippen molar-refractivity contribution in [2.24, 2.45) is 5.10 Å². The second-order valence-electron chi connectivity index (χ2n) is 7.95. The highest BCUT2D eigenvalue weighted by Gasteiger charge is 2.41. The molecule has 0 bridgehead atoms. The van der Waals surface area contributed by atoms with Gasteiger partial charge in [0.1, 0.15) is 5.75 Å². The molecule has 0 radical (unpaired) electrons. The van der Waals surface area contributed by atoms with Gasteiger partial charge in [-0.1, -0.05) is 72.8 Å². The Morgan fingerprint density at radius 1 is 0.839 bits per heavy atom. The van der Waals surface area contributed by atoms with Crippen LogP contribution in [0.2, 0.25) is 0 Å². The minimum absolute atomic E-state index is 0.171. The van der Waals surface area contributed by atoms with Gasteiger partial charge in [-0.05, 0) is 40.8 Å². The molecule has 2 atom stereocenters. The van der Waals surface area contributed by atoms with Gasteiger partial charge in [-0.15, -0.1) is 11.8 Å². The standard InChI is InChI=1S/C27H22N2OS/c1-31-20-15-13-19(14-16-20)24-17-25-23-10-4-5-12-26(23)30-27(29(25)28-24)22-11-6-8-18-7-2-3-9-21(18)22/h2-16,25,27H,17H2,1H3. The first kappa shape index (κ1) is 18.5. The first-order chi connectivity index (χ1) is 15.3. The number of benzene rings is 4. The molecule has 0 aromatic heterocycles. The van der Waals surface area contributed by atoms with Gasteiger partial charge in [0.2, 0.25) is 6.23 Å². The highest BCUT2D eigenvalue weighted by molar-refractivity contribution is 7.98. The fraction of sp³-hybridized carbons (Fsp3) is 0.148. The predicted octanol–water partition coefficient (Wildman–Crippen LogP) is 6.80. The molecule has 6 rings (SSSR count). The Morgan fingerprint density at radius 3 is 2.45 bits per heavy atom. The average Bonchev–Trinajstić information content (AvgIpc) is 3.29. The number of rotatable bonds is 3. The Labute approximate surface area is 186 Å². The Balaban J connectivity index is 1.48. The van der Waals surface area contributed by atoms with Crippen molar-refractivity contribution in [3.63, 3.8) is 0 Å². The lowest BCUT2D eigenvalue weighted by atomic mass is 9.95. The van der Waals surface area contributed by atoms with Gasteiger partial charge in [0.05, 0.1) is 11.8 Å². The van der Waals surface area contributed by atoms with Gasteiger partial charge in [-0.2, -0.15) is 5.10 Å². The van der Waals surface area contributed by atoms with Crippen molar-refractivity contribution in [1.29, 1.82) is 0 Å². The summed E-state index contributed by atoms with van der Waals surface area (Å²) < 4.78 is 6.58. The summed E-state index contributed by atoms with van der Waals surface area (Å²) in [6.45, 7) is 0. The lowest BCUT2D eigenvalue weighted by molar-refractivity contribution is -0.0180.